The molecule has 0 radical (unpaired) electrons. The third-order valence-electron chi connectivity index (χ3n) is 5.08. The largest absolute Gasteiger partial charge is 0.366 e. The topological polar surface area (TPSA) is 117 Å². The molecule has 1 atom stereocenters. The van der Waals surface area contributed by atoms with Crippen molar-refractivity contribution in [3.05, 3.63) is 59.3 Å². The maximum absolute atomic E-state index is 12.0. The van der Waals surface area contributed by atoms with Crippen molar-refractivity contribution in [3.8, 4) is 17.2 Å². The molecule has 27 heavy (non-hydrogen) atoms. The van der Waals surface area contributed by atoms with E-state index in [1.165, 1.54) is 0 Å². The van der Waals surface area contributed by atoms with Crippen molar-refractivity contribution in [2.24, 2.45) is 5.73 Å². The molecule has 1 amide bonds. The van der Waals surface area contributed by atoms with Gasteiger partial charge in [-0.2, -0.15) is 5.26 Å². The van der Waals surface area contributed by atoms with E-state index < -0.39 is 15.7 Å². The van der Waals surface area contributed by atoms with Crippen LogP contribution in [-0.4, -0.2) is 30.8 Å². The molecule has 1 fully saturated rings. The summed E-state index contributed by atoms with van der Waals surface area (Å²) in [6, 6.07) is 12.8. The molecule has 1 aromatic heterocycles. The molecule has 4 rings (SSSR count). The highest BCUT2D eigenvalue weighted by Crippen LogP contribution is 2.37. The minimum Gasteiger partial charge on any atom is -0.366 e. The van der Waals surface area contributed by atoms with Crippen LogP contribution in [0.3, 0.4) is 0 Å². The lowest BCUT2D eigenvalue weighted by atomic mass is 9.93. The van der Waals surface area contributed by atoms with Gasteiger partial charge >= 0.3 is 0 Å². The molecule has 0 bridgehead atoms. The van der Waals surface area contributed by atoms with Gasteiger partial charge in [-0.1, -0.05) is 12.1 Å². The zero-order valence-electron chi connectivity index (χ0n) is 14.4. The van der Waals surface area contributed by atoms with E-state index in [0.717, 1.165) is 22.1 Å². The van der Waals surface area contributed by atoms with Crippen LogP contribution in [0.2, 0.25) is 0 Å². The molecule has 2 aromatic carbocycles. The number of hydrogen-bond donors (Lipinski definition) is 2. The van der Waals surface area contributed by atoms with Gasteiger partial charge in [-0.25, -0.2) is 8.42 Å². The fraction of sp³-hybridized carbons (Fsp3) is 0.200. The van der Waals surface area contributed by atoms with E-state index in [2.05, 4.69) is 11.1 Å². The molecule has 2 heterocycles. The fourth-order valence-electron chi connectivity index (χ4n) is 3.76. The van der Waals surface area contributed by atoms with Crippen LogP contribution in [0.15, 0.2) is 42.6 Å². The Morgan fingerprint density at radius 1 is 1.22 bits per heavy atom. The van der Waals surface area contributed by atoms with Gasteiger partial charge in [0.05, 0.1) is 34.2 Å². The molecule has 1 saturated heterocycles. The molecule has 7 heteroatoms. The van der Waals surface area contributed by atoms with Crippen molar-refractivity contribution < 1.29 is 13.2 Å². The van der Waals surface area contributed by atoms with Crippen LogP contribution in [0, 0.1) is 11.3 Å². The standard InChI is InChI=1S/C20H17N3O3S/c21-9-12-2-1-3-13(6-12)15-7-16-18(14-4-5-27(25,26)11-14)10-23-19(16)17(8-15)20(22)24/h1-3,6-8,10,14,23H,4-5,11H2,(H2,22,24). The summed E-state index contributed by atoms with van der Waals surface area (Å²) in [5.74, 6) is -0.382. The number of nitrogens with two attached hydrogens (primary N) is 1. The fourth-order valence-corrected chi connectivity index (χ4v) is 5.53. The van der Waals surface area contributed by atoms with E-state index in [-0.39, 0.29) is 17.4 Å². The average Bonchev–Trinajstić information content (AvgIpc) is 3.23. The quantitative estimate of drug-likeness (QED) is 0.727. The van der Waals surface area contributed by atoms with Crippen LogP contribution < -0.4 is 5.73 Å². The van der Waals surface area contributed by atoms with Crippen molar-refractivity contribution in [2.75, 3.05) is 11.5 Å². The molecule has 0 saturated carbocycles. The Kier molecular flexibility index (Phi) is 4.01. The lowest BCUT2D eigenvalue weighted by Crippen LogP contribution is -2.11. The van der Waals surface area contributed by atoms with Gasteiger partial charge in [0.1, 0.15) is 0 Å². The first-order chi connectivity index (χ1) is 12.9. The Morgan fingerprint density at radius 2 is 2.04 bits per heavy atom. The van der Waals surface area contributed by atoms with Crippen LogP contribution in [-0.2, 0) is 9.84 Å². The van der Waals surface area contributed by atoms with E-state index in [1.54, 1.807) is 30.5 Å². The molecule has 3 aromatic rings. The number of aromatic nitrogens is 1. The number of nitriles is 1. The average molecular weight is 379 g/mol. The molecular formula is C20H17N3O3S. The molecule has 1 unspecified atom stereocenters. The second-order valence-corrected chi connectivity index (χ2v) is 9.08. The SMILES string of the molecule is N#Cc1cccc(-c2cc(C(N)=O)c3[nH]cc(C4CCS(=O)(=O)C4)c3c2)c1. The first-order valence-corrected chi connectivity index (χ1v) is 10.4. The number of fused-ring (bicyclic) bond motifs is 1. The number of nitrogens with zero attached hydrogens (tertiary/aromatic N) is 1. The van der Waals surface area contributed by atoms with Crippen LogP contribution >= 0.6 is 0 Å². The number of H-pyrrole nitrogens is 1. The van der Waals surface area contributed by atoms with E-state index >= 15 is 0 Å². The van der Waals surface area contributed by atoms with E-state index in [4.69, 9.17) is 11.0 Å². The zero-order valence-corrected chi connectivity index (χ0v) is 15.2. The third kappa shape index (κ3) is 3.09. The van der Waals surface area contributed by atoms with Gasteiger partial charge in [-0.05, 0) is 47.4 Å². The summed E-state index contributed by atoms with van der Waals surface area (Å²) in [5, 5.41) is 9.94. The number of rotatable bonds is 3. The molecule has 1 aliphatic heterocycles. The molecule has 136 valence electrons. The Balaban J connectivity index is 1.92. The van der Waals surface area contributed by atoms with Crippen LogP contribution in [0.5, 0.6) is 0 Å². The highest BCUT2D eigenvalue weighted by atomic mass is 32.2. The number of carbonyl (C=O) groups excluding carboxylic acids is 1. The van der Waals surface area contributed by atoms with Gasteiger partial charge in [0.25, 0.3) is 5.91 Å². The summed E-state index contributed by atoms with van der Waals surface area (Å²) in [4.78, 5) is 15.1. The predicted octanol–water partition coefficient (Wildman–Crippen LogP) is 2.71. The summed E-state index contributed by atoms with van der Waals surface area (Å²) in [7, 11) is -3.03. The number of primary amides is 1. The summed E-state index contributed by atoms with van der Waals surface area (Å²) in [6.45, 7) is 0. The monoisotopic (exact) mass is 379 g/mol. The Morgan fingerprint density at radius 3 is 2.70 bits per heavy atom. The number of aromatic amines is 1. The molecule has 0 spiro atoms. The van der Waals surface area contributed by atoms with Crippen molar-refractivity contribution in [1.82, 2.24) is 4.98 Å². The summed E-state index contributed by atoms with van der Waals surface area (Å²) in [5.41, 5.74) is 9.49. The number of hydrogen-bond acceptors (Lipinski definition) is 4. The molecule has 3 N–H and O–H groups in total. The third-order valence-corrected chi connectivity index (χ3v) is 6.85. The van der Waals surface area contributed by atoms with E-state index in [0.29, 0.717) is 23.1 Å². The second-order valence-electron chi connectivity index (χ2n) is 6.85. The number of amides is 1. The van der Waals surface area contributed by atoms with Crippen molar-refractivity contribution in [3.63, 3.8) is 0 Å². The van der Waals surface area contributed by atoms with Gasteiger partial charge in [0.15, 0.2) is 9.84 Å². The molecule has 1 aliphatic rings. The summed E-state index contributed by atoms with van der Waals surface area (Å²) in [6.07, 6.45) is 2.34. The molecule has 0 aliphatic carbocycles. The van der Waals surface area contributed by atoms with E-state index in [1.807, 2.05) is 12.1 Å². The number of sulfone groups is 1. The van der Waals surface area contributed by atoms with Gasteiger partial charge in [-0.15, -0.1) is 0 Å². The number of benzene rings is 2. The zero-order chi connectivity index (χ0) is 19.2. The van der Waals surface area contributed by atoms with Crippen LogP contribution in [0.4, 0.5) is 0 Å². The van der Waals surface area contributed by atoms with Crippen molar-refractivity contribution in [1.29, 1.82) is 5.26 Å². The smallest absolute Gasteiger partial charge is 0.250 e. The highest BCUT2D eigenvalue weighted by Gasteiger charge is 2.31. The Labute approximate surface area is 156 Å². The predicted molar refractivity (Wildman–Crippen MR) is 103 cm³/mol. The Bertz CT molecular complexity index is 1220. The van der Waals surface area contributed by atoms with Crippen LogP contribution in [0.25, 0.3) is 22.0 Å². The molecule has 6 nitrogen and oxygen atoms in total. The minimum absolute atomic E-state index is 0.106. The second kappa shape index (κ2) is 6.25. The van der Waals surface area contributed by atoms with E-state index in [9.17, 15) is 13.2 Å². The maximum atomic E-state index is 12.0. The summed E-state index contributed by atoms with van der Waals surface area (Å²) < 4.78 is 23.8. The van der Waals surface area contributed by atoms with Gasteiger partial charge in [0, 0.05) is 17.5 Å². The Hall–Kier alpha value is -3.11. The van der Waals surface area contributed by atoms with Crippen molar-refractivity contribution in [2.45, 2.75) is 12.3 Å². The van der Waals surface area contributed by atoms with Crippen molar-refractivity contribution >= 4 is 26.6 Å². The lowest BCUT2D eigenvalue weighted by Gasteiger charge is -2.10. The van der Waals surface area contributed by atoms with Gasteiger partial charge in [0.2, 0.25) is 0 Å². The first-order valence-electron chi connectivity index (χ1n) is 8.54. The van der Waals surface area contributed by atoms with Crippen LogP contribution in [0.1, 0.15) is 33.8 Å². The highest BCUT2D eigenvalue weighted by molar-refractivity contribution is 7.91. The van der Waals surface area contributed by atoms with Gasteiger partial charge in [-0.3, -0.25) is 4.79 Å². The number of carbonyl (C=O) groups is 1. The van der Waals surface area contributed by atoms with Gasteiger partial charge < -0.3 is 10.7 Å². The molecular weight excluding hydrogens is 362 g/mol. The first kappa shape index (κ1) is 17.3. The minimum atomic E-state index is -3.03. The normalized spacial score (nSPS) is 18.4. The maximum Gasteiger partial charge on any atom is 0.250 e. The lowest BCUT2D eigenvalue weighted by molar-refractivity contribution is 0.100. The summed E-state index contributed by atoms with van der Waals surface area (Å²) >= 11 is 0. The number of nitrogens with one attached hydrogen (secondary N) is 1.